The molecule has 0 amide bonds. The molecule has 1 fully saturated rings. The number of rotatable bonds is 10. The van der Waals surface area contributed by atoms with Gasteiger partial charge in [-0.05, 0) is 82.2 Å². The normalized spacial score (nSPS) is 14.4. The molecule has 2 aromatic rings. The molecule has 0 bridgehead atoms. The average molecular weight is 471 g/mol. The first-order chi connectivity index (χ1) is 15.7. The Kier molecular flexibility index (Phi) is 8.62. The van der Waals surface area contributed by atoms with Gasteiger partial charge in [-0.15, -0.1) is 0 Å². The van der Waals surface area contributed by atoms with Crippen molar-refractivity contribution < 1.29 is 13.3 Å². The molecule has 6 heteroatoms. The maximum Gasteiger partial charge on any atom is 0.500 e. The SMILES string of the molecule is CCO[Si](CCCc1cc(C)c(N2CCN(c3c(C)cc(C)cc3C)C2)c(C)c1)(OC)OC. The molecule has 1 heterocycles. The van der Waals surface area contributed by atoms with Gasteiger partial charge in [0.15, 0.2) is 0 Å². The number of nitrogens with zero attached hydrogens (tertiary/aromatic N) is 2. The quantitative estimate of drug-likeness (QED) is 0.415. The number of hydrogen-bond acceptors (Lipinski definition) is 5. The first-order valence-electron chi connectivity index (χ1n) is 12.2. The number of anilines is 2. The molecule has 0 radical (unpaired) electrons. The van der Waals surface area contributed by atoms with Gasteiger partial charge in [-0.25, -0.2) is 0 Å². The molecule has 1 aliphatic rings. The predicted molar refractivity (Wildman–Crippen MR) is 141 cm³/mol. The zero-order valence-corrected chi connectivity index (χ0v) is 22.9. The predicted octanol–water partition coefficient (Wildman–Crippen LogP) is 5.71. The summed E-state index contributed by atoms with van der Waals surface area (Å²) in [6.07, 6.45) is 2.00. The average Bonchev–Trinajstić information content (AvgIpc) is 3.21. The molecule has 0 atom stereocenters. The second kappa shape index (κ2) is 11.0. The first-order valence-corrected chi connectivity index (χ1v) is 14.1. The molecule has 182 valence electrons. The van der Waals surface area contributed by atoms with E-state index in [-0.39, 0.29) is 0 Å². The Balaban J connectivity index is 1.70. The molecule has 2 aromatic carbocycles. The van der Waals surface area contributed by atoms with Crippen molar-refractivity contribution in [2.24, 2.45) is 0 Å². The third kappa shape index (κ3) is 5.80. The Hall–Kier alpha value is -1.86. The highest BCUT2D eigenvalue weighted by molar-refractivity contribution is 6.60. The van der Waals surface area contributed by atoms with Crippen LogP contribution >= 0.6 is 0 Å². The lowest BCUT2D eigenvalue weighted by Crippen LogP contribution is -2.43. The van der Waals surface area contributed by atoms with Crippen molar-refractivity contribution in [3.63, 3.8) is 0 Å². The zero-order valence-electron chi connectivity index (χ0n) is 21.9. The van der Waals surface area contributed by atoms with Crippen LogP contribution in [0.5, 0.6) is 0 Å². The molecule has 0 spiro atoms. The van der Waals surface area contributed by atoms with E-state index in [1.807, 2.05) is 6.92 Å². The summed E-state index contributed by atoms with van der Waals surface area (Å²) in [4.78, 5) is 5.07. The summed E-state index contributed by atoms with van der Waals surface area (Å²) in [7, 11) is 0.880. The van der Waals surface area contributed by atoms with E-state index in [4.69, 9.17) is 13.3 Å². The molecule has 0 aromatic heterocycles. The van der Waals surface area contributed by atoms with E-state index in [1.54, 1.807) is 14.2 Å². The number of hydrogen-bond donors (Lipinski definition) is 0. The van der Waals surface area contributed by atoms with Gasteiger partial charge in [0.25, 0.3) is 0 Å². The highest BCUT2D eigenvalue weighted by Gasteiger charge is 2.37. The van der Waals surface area contributed by atoms with Crippen LogP contribution in [0.2, 0.25) is 6.04 Å². The van der Waals surface area contributed by atoms with Gasteiger partial charge in [-0.3, -0.25) is 0 Å². The number of benzene rings is 2. The van der Waals surface area contributed by atoms with Gasteiger partial charge >= 0.3 is 8.80 Å². The molecule has 0 N–H and O–H groups in total. The maximum atomic E-state index is 5.85. The van der Waals surface area contributed by atoms with Gasteiger partial charge in [-0.2, -0.15) is 0 Å². The van der Waals surface area contributed by atoms with Crippen LogP contribution in [0, 0.1) is 34.6 Å². The Bertz CT molecular complexity index is 912. The zero-order chi connectivity index (χ0) is 24.2. The molecular formula is C27H42N2O3Si. The lowest BCUT2D eigenvalue weighted by Gasteiger charge is -2.27. The van der Waals surface area contributed by atoms with Crippen molar-refractivity contribution in [3.05, 3.63) is 57.6 Å². The van der Waals surface area contributed by atoms with Gasteiger partial charge in [0.05, 0.1) is 6.67 Å². The molecule has 0 saturated carbocycles. The van der Waals surface area contributed by atoms with Crippen LogP contribution in [0.15, 0.2) is 24.3 Å². The second-order valence-corrected chi connectivity index (χ2v) is 12.3. The van der Waals surface area contributed by atoms with Gasteiger partial charge in [0, 0.05) is 51.3 Å². The fraction of sp³-hybridized carbons (Fsp3) is 0.556. The largest absolute Gasteiger partial charge is 0.500 e. The summed E-state index contributed by atoms with van der Waals surface area (Å²) in [6.45, 7) is 16.8. The molecule has 1 saturated heterocycles. The molecule has 33 heavy (non-hydrogen) atoms. The van der Waals surface area contributed by atoms with Crippen molar-refractivity contribution in [1.82, 2.24) is 0 Å². The minimum atomic E-state index is -2.52. The van der Waals surface area contributed by atoms with Crippen molar-refractivity contribution in [2.75, 3.05) is 50.4 Å². The van der Waals surface area contributed by atoms with E-state index >= 15 is 0 Å². The van der Waals surface area contributed by atoms with Crippen molar-refractivity contribution in [1.29, 1.82) is 0 Å². The molecule has 0 unspecified atom stereocenters. The van der Waals surface area contributed by atoms with Crippen LogP contribution in [0.3, 0.4) is 0 Å². The van der Waals surface area contributed by atoms with E-state index in [0.29, 0.717) is 6.61 Å². The molecular weight excluding hydrogens is 428 g/mol. The summed E-state index contributed by atoms with van der Waals surface area (Å²) in [5.74, 6) is 0. The van der Waals surface area contributed by atoms with E-state index in [2.05, 4.69) is 68.7 Å². The van der Waals surface area contributed by atoms with E-state index < -0.39 is 8.80 Å². The molecule has 1 aliphatic heterocycles. The standard InChI is InChI=1S/C27H42N2O3Si/c1-9-32-33(30-7,31-8)14-10-11-25-17-23(5)27(24(6)18-25)29-13-12-28(19-29)26-21(3)15-20(2)16-22(26)4/h15-18H,9-14,19H2,1-8H3. The fourth-order valence-corrected chi connectivity index (χ4v) is 7.52. The molecule has 5 nitrogen and oxygen atoms in total. The van der Waals surface area contributed by atoms with E-state index in [0.717, 1.165) is 38.6 Å². The Labute approximate surface area is 202 Å². The lowest BCUT2D eigenvalue weighted by molar-refractivity contribution is 0.103. The van der Waals surface area contributed by atoms with Crippen molar-refractivity contribution in [2.45, 2.75) is 60.4 Å². The van der Waals surface area contributed by atoms with Gasteiger partial charge in [0.2, 0.25) is 0 Å². The third-order valence-corrected chi connectivity index (χ3v) is 9.67. The van der Waals surface area contributed by atoms with Crippen LogP contribution in [0.1, 0.15) is 46.7 Å². The monoisotopic (exact) mass is 470 g/mol. The maximum absolute atomic E-state index is 5.85. The molecule has 0 aliphatic carbocycles. The third-order valence-electron chi connectivity index (χ3n) is 6.73. The van der Waals surface area contributed by atoms with Gasteiger partial charge in [0.1, 0.15) is 0 Å². The van der Waals surface area contributed by atoms with Crippen LogP contribution in [-0.4, -0.2) is 49.4 Å². The minimum Gasteiger partial charge on any atom is -0.377 e. The lowest BCUT2D eigenvalue weighted by atomic mass is 10.0. The van der Waals surface area contributed by atoms with Crippen LogP contribution in [0.4, 0.5) is 11.4 Å². The smallest absolute Gasteiger partial charge is 0.377 e. The first kappa shape index (κ1) is 25.8. The van der Waals surface area contributed by atoms with Crippen LogP contribution in [0.25, 0.3) is 0 Å². The van der Waals surface area contributed by atoms with Crippen LogP contribution in [-0.2, 0) is 19.7 Å². The highest BCUT2D eigenvalue weighted by atomic mass is 28.4. The summed E-state index contributed by atoms with van der Waals surface area (Å²) in [6, 6.07) is 10.1. The number of aryl methyl sites for hydroxylation is 6. The summed E-state index contributed by atoms with van der Waals surface area (Å²) in [5, 5.41) is 0. The minimum absolute atomic E-state index is 0.620. The molecule has 3 rings (SSSR count). The Morgan fingerprint density at radius 1 is 0.788 bits per heavy atom. The topological polar surface area (TPSA) is 34.2 Å². The Morgan fingerprint density at radius 3 is 1.73 bits per heavy atom. The highest BCUT2D eigenvalue weighted by Crippen LogP contribution is 2.33. The van der Waals surface area contributed by atoms with Gasteiger partial charge in [-0.1, -0.05) is 29.8 Å². The fourth-order valence-electron chi connectivity index (χ4n) is 5.52. The van der Waals surface area contributed by atoms with E-state index in [9.17, 15) is 0 Å². The summed E-state index contributed by atoms with van der Waals surface area (Å²) in [5.41, 5.74) is 11.0. The van der Waals surface area contributed by atoms with Crippen molar-refractivity contribution in [3.8, 4) is 0 Å². The van der Waals surface area contributed by atoms with Crippen LogP contribution < -0.4 is 9.80 Å². The van der Waals surface area contributed by atoms with Crippen molar-refractivity contribution >= 4 is 20.2 Å². The summed E-state index contributed by atoms with van der Waals surface area (Å²) < 4.78 is 17.2. The van der Waals surface area contributed by atoms with E-state index in [1.165, 1.54) is 44.8 Å². The summed E-state index contributed by atoms with van der Waals surface area (Å²) >= 11 is 0. The second-order valence-electron chi connectivity index (χ2n) is 9.37. The van der Waals surface area contributed by atoms with Gasteiger partial charge < -0.3 is 23.1 Å². The Morgan fingerprint density at radius 2 is 1.27 bits per heavy atom.